The van der Waals surface area contributed by atoms with Gasteiger partial charge in [-0.05, 0) is 17.7 Å². The van der Waals surface area contributed by atoms with E-state index in [9.17, 15) is 12.6 Å². The van der Waals surface area contributed by atoms with E-state index in [1.54, 1.807) is 12.1 Å². The monoisotopic (exact) mass is 468 g/mol. The zero-order valence-corrected chi connectivity index (χ0v) is 18.0. The average molecular weight is 469 g/mol. The summed E-state index contributed by atoms with van der Waals surface area (Å²) in [6.45, 7) is -0.124. The summed E-state index contributed by atoms with van der Waals surface area (Å²) in [5, 5.41) is 9.79. The zero-order chi connectivity index (χ0) is 22.1. The van der Waals surface area contributed by atoms with E-state index in [1.807, 2.05) is 6.07 Å². The molecule has 0 aliphatic carbocycles. The topological polar surface area (TPSA) is 219 Å². The molecular weight excluding hydrogens is 448 g/mol. The molecule has 0 aliphatic rings. The third-order valence-corrected chi connectivity index (χ3v) is 7.80. The van der Waals surface area contributed by atoms with E-state index in [0.29, 0.717) is 21.8 Å². The van der Waals surface area contributed by atoms with Gasteiger partial charge in [0.05, 0.1) is 25.8 Å². The Morgan fingerprint density at radius 1 is 1.23 bits per heavy atom. The summed E-state index contributed by atoms with van der Waals surface area (Å²) in [5.74, 6) is 4.70. The van der Waals surface area contributed by atoms with Gasteiger partial charge in [0.15, 0.2) is 20.8 Å². The molecule has 1 unspecified atom stereocenters. The predicted molar refractivity (Wildman–Crippen MR) is 119 cm³/mol. The number of fused-ring (bicyclic) bond motifs is 1. The molecule has 0 amide bonds. The number of hydrazine groups is 1. The van der Waals surface area contributed by atoms with Crippen LogP contribution in [0.15, 0.2) is 45.2 Å². The number of nitrogen functional groups attached to an aromatic ring is 1. The van der Waals surface area contributed by atoms with E-state index in [4.69, 9.17) is 28.2 Å². The molecule has 160 valence electrons. The SMILES string of the molecule is NCCS(=O)(=O)c1ccc(-c2cccc3sc(N)nc23)c(/C(N)=N/NN)c1S(N)=O. The number of hydrogen-bond donors (Lipinski definition) is 6. The maximum atomic E-state index is 12.7. The van der Waals surface area contributed by atoms with Crippen molar-refractivity contribution < 1.29 is 12.6 Å². The largest absolute Gasteiger partial charge is 0.382 e. The Hall–Kier alpha value is -2.62. The number of hydrogen-bond acceptors (Lipinski definition) is 10. The summed E-state index contributed by atoms with van der Waals surface area (Å²) >= 11 is 1.29. The molecule has 11 N–H and O–H groups in total. The Balaban J connectivity index is 2.46. The number of nitrogens with zero attached hydrogens (tertiary/aromatic N) is 2. The third kappa shape index (κ3) is 4.00. The summed E-state index contributed by atoms with van der Waals surface area (Å²) in [5.41, 5.74) is 21.0. The Morgan fingerprint density at radius 2 is 1.97 bits per heavy atom. The average Bonchev–Trinajstić information content (AvgIpc) is 3.07. The van der Waals surface area contributed by atoms with Crippen LogP contribution in [0.3, 0.4) is 0 Å². The molecule has 0 fully saturated rings. The van der Waals surface area contributed by atoms with E-state index < -0.39 is 20.8 Å². The Bertz CT molecular complexity index is 1270. The van der Waals surface area contributed by atoms with Crippen LogP contribution < -0.4 is 33.7 Å². The van der Waals surface area contributed by atoms with E-state index >= 15 is 0 Å². The van der Waals surface area contributed by atoms with Gasteiger partial charge in [-0.2, -0.15) is 0 Å². The maximum Gasteiger partial charge on any atom is 0.181 e. The molecule has 0 saturated carbocycles. The molecule has 3 rings (SSSR count). The standard InChI is InChI=1S/C16H20N8O3S3/c17-6-7-30(26,27)11-5-4-8(12(14(11)29(21)25)15(18)23-24-20)9-2-1-3-10-13(9)22-16(19)28-10/h1-5,24H,6-7,17,20-21H2,(H2,18,23)(H2,19,22). The van der Waals surface area contributed by atoms with Gasteiger partial charge in [0.25, 0.3) is 0 Å². The van der Waals surface area contributed by atoms with Crippen LogP contribution in [0.1, 0.15) is 5.56 Å². The summed E-state index contributed by atoms with van der Waals surface area (Å²) in [7, 11) is -6.12. The molecule has 1 aromatic heterocycles. The number of hydrazone groups is 1. The Kier molecular flexibility index (Phi) is 6.35. The highest BCUT2D eigenvalue weighted by molar-refractivity contribution is 7.92. The van der Waals surface area contributed by atoms with Gasteiger partial charge in [-0.15, -0.1) is 5.10 Å². The molecule has 3 aromatic rings. The number of nitrogens with two attached hydrogens (primary N) is 5. The molecule has 30 heavy (non-hydrogen) atoms. The van der Waals surface area contributed by atoms with Gasteiger partial charge >= 0.3 is 0 Å². The maximum absolute atomic E-state index is 12.7. The van der Waals surface area contributed by atoms with Gasteiger partial charge in [-0.25, -0.2) is 34.1 Å². The second kappa shape index (κ2) is 8.63. The van der Waals surface area contributed by atoms with Crippen molar-refractivity contribution in [2.24, 2.45) is 27.6 Å². The third-order valence-electron chi connectivity index (χ3n) is 4.21. The van der Waals surface area contributed by atoms with E-state index in [2.05, 4.69) is 15.6 Å². The minimum Gasteiger partial charge on any atom is -0.382 e. The first-order valence-corrected chi connectivity index (χ1v) is 12.1. The molecule has 0 bridgehead atoms. The van der Waals surface area contributed by atoms with Crippen LogP contribution in [0.5, 0.6) is 0 Å². The summed E-state index contributed by atoms with van der Waals surface area (Å²) in [6.07, 6.45) is 0. The lowest BCUT2D eigenvalue weighted by atomic mass is 9.98. The normalized spacial score (nSPS) is 13.5. The van der Waals surface area contributed by atoms with Gasteiger partial charge in [0.2, 0.25) is 0 Å². The number of thiazole rings is 1. The van der Waals surface area contributed by atoms with Crippen molar-refractivity contribution in [2.45, 2.75) is 9.79 Å². The summed E-state index contributed by atoms with van der Waals surface area (Å²) in [4.78, 5) is 3.90. The molecule has 2 aromatic carbocycles. The number of aromatic nitrogens is 1. The van der Waals surface area contributed by atoms with Crippen LogP contribution in [-0.4, -0.2) is 35.7 Å². The molecule has 0 saturated heterocycles. The van der Waals surface area contributed by atoms with Gasteiger partial charge in [0.1, 0.15) is 11.0 Å². The Labute approximate surface area is 178 Å². The number of para-hydroxylation sites is 1. The quantitative estimate of drug-likeness (QED) is 0.112. The van der Waals surface area contributed by atoms with Crippen molar-refractivity contribution >= 4 is 53.3 Å². The van der Waals surface area contributed by atoms with Crippen molar-refractivity contribution in [2.75, 3.05) is 18.0 Å². The minimum absolute atomic E-state index is 0.0611. The fraction of sp³-hybridized carbons (Fsp3) is 0.125. The van der Waals surface area contributed by atoms with Crippen molar-refractivity contribution in [3.05, 3.63) is 35.9 Å². The summed E-state index contributed by atoms with van der Waals surface area (Å²) < 4.78 is 38.8. The number of sulfone groups is 1. The fourth-order valence-corrected chi connectivity index (χ4v) is 6.32. The highest BCUT2D eigenvalue weighted by Crippen LogP contribution is 2.37. The lowest BCUT2D eigenvalue weighted by Gasteiger charge is -2.17. The molecule has 14 heteroatoms. The lowest BCUT2D eigenvalue weighted by Crippen LogP contribution is -2.27. The van der Waals surface area contributed by atoms with Crippen LogP contribution in [0.25, 0.3) is 21.3 Å². The number of benzene rings is 2. The van der Waals surface area contributed by atoms with Gasteiger partial charge in [-0.3, -0.25) is 0 Å². The van der Waals surface area contributed by atoms with Crippen molar-refractivity contribution in [3.63, 3.8) is 0 Å². The number of amidine groups is 1. The van der Waals surface area contributed by atoms with E-state index in [-0.39, 0.29) is 33.5 Å². The second-order valence-electron chi connectivity index (χ2n) is 6.05. The van der Waals surface area contributed by atoms with E-state index in [1.165, 1.54) is 23.5 Å². The second-order valence-corrected chi connectivity index (χ2v) is 10.2. The number of nitrogens with one attached hydrogen (secondary N) is 1. The number of anilines is 1. The first-order chi connectivity index (χ1) is 14.2. The van der Waals surface area contributed by atoms with Crippen LogP contribution >= 0.6 is 11.3 Å². The van der Waals surface area contributed by atoms with Crippen LogP contribution in [0.4, 0.5) is 5.13 Å². The number of rotatable bonds is 7. The lowest BCUT2D eigenvalue weighted by molar-refractivity contribution is 0.593. The van der Waals surface area contributed by atoms with Gasteiger partial charge < -0.3 is 17.2 Å². The molecule has 1 atom stereocenters. The predicted octanol–water partition coefficient (Wildman–Crippen LogP) is -0.657. The highest BCUT2D eigenvalue weighted by atomic mass is 32.2. The van der Waals surface area contributed by atoms with E-state index in [0.717, 1.165) is 4.70 Å². The van der Waals surface area contributed by atoms with Crippen LogP contribution in [-0.2, 0) is 20.8 Å². The van der Waals surface area contributed by atoms with Gasteiger partial charge in [0, 0.05) is 17.7 Å². The molecule has 11 nitrogen and oxygen atoms in total. The van der Waals surface area contributed by atoms with Crippen molar-refractivity contribution in [1.29, 1.82) is 0 Å². The smallest absolute Gasteiger partial charge is 0.181 e. The van der Waals surface area contributed by atoms with Crippen molar-refractivity contribution in [1.82, 2.24) is 10.5 Å². The van der Waals surface area contributed by atoms with Crippen molar-refractivity contribution in [3.8, 4) is 11.1 Å². The first kappa shape index (κ1) is 22.1. The van der Waals surface area contributed by atoms with Crippen LogP contribution in [0.2, 0.25) is 0 Å². The molecule has 0 radical (unpaired) electrons. The fourth-order valence-electron chi connectivity index (χ4n) is 3.06. The first-order valence-electron chi connectivity index (χ1n) is 8.41. The zero-order valence-electron chi connectivity index (χ0n) is 15.5. The highest BCUT2D eigenvalue weighted by Gasteiger charge is 2.28. The molecular formula is C16H20N8O3S3. The minimum atomic E-state index is -3.89. The Morgan fingerprint density at radius 3 is 2.60 bits per heavy atom. The summed E-state index contributed by atoms with van der Waals surface area (Å²) in [6, 6.07) is 8.22. The molecule has 1 heterocycles. The van der Waals surface area contributed by atoms with Gasteiger partial charge in [-0.1, -0.05) is 29.5 Å². The molecule has 0 aliphatic heterocycles. The van der Waals surface area contributed by atoms with Crippen LogP contribution in [0, 0.1) is 0 Å². The molecule has 0 spiro atoms.